The monoisotopic (exact) mass is 170 g/mol. The fourth-order valence-corrected chi connectivity index (χ4v) is 0.930. The summed E-state index contributed by atoms with van der Waals surface area (Å²) in [4.78, 5) is 10.8. The van der Waals surface area contributed by atoms with Crippen molar-refractivity contribution in [2.75, 3.05) is 0 Å². The molecule has 64 valence electrons. The van der Waals surface area contributed by atoms with Crippen molar-refractivity contribution in [3.63, 3.8) is 0 Å². The summed E-state index contributed by atoms with van der Waals surface area (Å²) in [5, 5.41) is 0. The number of allylic oxidation sites excluding steroid dienone is 6. The van der Waals surface area contributed by atoms with Gasteiger partial charge in [0.2, 0.25) is 0 Å². The minimum absolute atomic E-state index is 0.0268. The van der Waals surface area contributed by atoms with E-state index in [1.807, 2.05) is 0 Å². The summed E-state index contributed by atoms with van der Waals surface area (Å²) < 4.78 is 25.4. The molecule has 0 aliphatic heterocycles. The van der Waals surface area contributed by atoms with Gasteiger partial charge in [-0.1, -0.05) is 0 Å². The summed E-state index contributed by atoms with van der Waals surface area (Å²) in [7, 11) is 0. The molecule has 0 heterocycles. The summed E-state index contributed by atoms with van der Waals surface area (Å²) in [6.45, 7) is 1.26. The second-order valence-electron chi connectivity index (χ2n) is 2.51. The van der Waals surface area contributed by atoms with Crippen molar-refractivity contribution >= 4 is 5.78 Å². The second-order valence-corrected chi connectivity index (χ2v) is 2.51. The molecule has 0 saturated heterocycles. The Balaban J connectivity index is 3.01. The molecule has 0 unspecified atom stereocenters. The number of carbonyl (C=O) groups is 1. The lowest BCUT2D eigenvalue weighted by Crippen LogP contribution is -1.96. The average Bonchev–Trinajstić information content (AvgIpc) is 2.14. The van der Waals surface area contributed by atoms with Crippen LogP contribution in [0, 0.1) is 0 Å². The van der Waals surface area contributed by atoms with Crippen LogP contribution < -0.4 is 0 Å². The van der Waals surface area contributed by atoms with E-state index >= 15 is 0 Å². The van der Waals surface area contributed by atoms with Gasteiger partial charge in [-0.15, -0.1) is 0 Å². The van der Waals surface area contributed by atoms with E-state index in [1.165, 1.54) is 13.0 Å². The Morgan fingerprint density at radius 3 is 2.67 bits per heavy atom. The van der Waals surface area contributed by atoms with Crippen LogP contribution in [0.3, 0.4) is 0 Å². The molecule has 1 aliphatic carbocycles. The van der Waals surface area contributed by atoms with Gasteiger partial charge in [-0.25, -0.2) is 8.78 Å². The highest BCUT2D eigenvalue weighted by Gasteiger charge is 2.11. The fraction of sp³-hybridized carbons (Fsp3) is 0.222. The first-order valence-electron chi connectivity index (χ1n) is 3.54. The Kier molecular flexibility index (Phi) is 2.53. The minimum Gasteiger partial charge on any atom is -0.295 e. The van der Waals surface area contributed by atoms with Crippen LogP contribution in [0.2, 0.25) is 0 Å². The lowest BCUT2D eigenvalue weighted by molar-refractivity contribution is -0.113. The van der Waals surface area contributed by atoms with E-state index in [9.17, 15) is 13.6 Å². The van der Waals surface area contributed by atoms with Gasteiger partial charge in [0.1, 0.15) is 11.7 Å². The Labute approximate surface area is 69.1 Å². The van der Waals surface area contributed by atoms with Gasteiger partial charge in [-0.3, -0.25) is 4.79 Å². The molecule has 0 fully saturated rings. The highest BCUT2D eigenvalue weighted by Crippen LogP contribution is 2.19. The first kappa shape index (κ1) is 8.84. The molecule has 1 nitrogen and oxygen atoms in total. The van der Waals surface area contributed by atoms with Crippen LogP contribution in [0.15, 0.2) is 35.5 Å². The predicted octanol–water partition coefficient (Wildman–Crippen LogP) is 2.61. The summed E-state index contributed by atoms with van der Waals surface area (Å²) in [6.07, 6.45) is 3.18. The molecule has 1 rings (SSSR count). The SMILES string of the molecule is CC(=O)C1=C(F)C=CC(F)=CC1. The summed E-state index contributed by atoms with van der Waals surface area (Å²) in [6, 6.07) is 0. The third kappa shape index (κ3) is 1.87. The molecule has 3 heteroatoms. The van der Waals surface area contributed by atoms with Gasteiger partial charge in [0, 0.05) is 5.57 Å². The number of rotatable bonds is 1. The Morgan fingerprint density at radius 2 is 2.08 bits per heavy atom. The molecule has 0 radical (unpaired) electrons. The number of carbonyl (C=O) groups excluding carboxylic acids is 1. The largest absolute Gasteiger partial charge is 0.295 e. The maximum Gasteiger partial charge on any atom is 0.159 e. The third-order valence-electron chi connectivity index (χ3n) is 1.60. The number of ketones is 1. The first-order valence-corrected chi connectivity index (χ1v) is 3.54. The standard InChI is InChI=1S/C9H8F2O/c1-6(12)8-4-2-7(10)3-5-9(8)11/h2-3,5H,4H2,1H3. The molecule has 0 aromatic rings. The Morgan fingerprint density at radius 1 is 1.42 bits per heavy atom. The molecule has 0 bridgehead atoms. The van der Waals surface area contributed by atoms with Crippen molar-refractivity contribution in [1.29, 1.82) is 0 Å². The lowest BCUT2D eigenvalue weighted by atomic mass is 10.1. The van der Waals surface area contributed by atoms with Crippen molar-refractivity contribution < 1.29 is 13.6 Å². The topological polar surface area (TPSA) is 17.1 Å². The van der Waals surface area contributed by atoms with E-state index in [4.69, 9.17) is 0 Å². The number of Topliss-reactive ketones (excluding diaryl/α,β-unsaturated/α-hetero) is 1. The van der Waals surface area contributed by atoms with E-state index in [0.29, 0.717) is 0 Å². The lowest BCUT2D eigenvalue weighted by Gasteiger charge is -1.97. The molecule has 12 heavy (non-hydrogen) atoms. The van der Waals surface area contributed by atoms with Crippen LogP contribution in [0.4, 0.5) is 8.78 Å². The summed E-state index contributed by atoms with van der Waals surface area (Å²) in [5.74, 6) is -1.52. The molecule has 0 aromatic carbocycles. The van der Waals surface area contributed by atoms with Crippen molar-refractivity contribution in [2.24, 2.45) is 0 Å². The number of hydrogen-bond acceptors (Lipinski definition) is 1. The molecule has 0 saturated carbocycles. The van der Waals surface area contributed by atoms with E-state index in [1.54, 1.807) is 0 Å². The van der Waals surface area contributed by atoms with Crippen LogP contribution in [-0.4, -0.2) is 5.78 Å². The van der Waals surface area contributed by atoms with Gasteiger partial charge in [0.25, 0.3) is 0 Å². The Bertz CT molecular complexity index is 298. The van der Waals surface area contributed by atoms with E-state index in [-0.39, 0.29) is 17.8 Å². The third-order valence-corrected chi connectivity index (χ3v) is 1.60. The molecular weight excluding hydrogens is 162 g/mol. The molecule has 0 spiro atoms. The van der Waals surface area contributed by atoms with Crippen LogP contribution in [0.1, 0.15) is 13.3 Å². The zero-order valence-electron chi connectivity index (χ0n) is 6.60. The van der Waals surface area contributed by atoms with Crippen LogP contribution in [-0.2, 0) is 4.79 Å². The number of hydrogen-bond donors (Lipinski definition) is 0. The van der Waals surface area contributed by atoms with Gasteiger partial charge >= 0.3 is 0 Å². The molecule has 0 N–H and O–H groups in total. The molecule has 0 amide bonds. The highest BCUT2D eigenvalue weighted by atomic mass is 19.1. The maximum atomic E-state index is 12.9. The summed E-state index contributed by atoms with van der Waals surface area (Å²) in [5.41, 5.74) is 0.0268. The van der Waals surface area contributed by atoms with E-state index < -0.39 is 11.7 Å². The zero-order chi connectivity index (χ0) is 9.14. The molecule has 1 aliphatic rings. The molecule has 0 atom stereocenters. The van der Waals surface area contributed by atoms with Crippen LogP contribution in [0.5, 0.6) is 0 Å². The predicted molar refractivity (Wildman–Crippen MR) is 41.8 cm³/mol. The highest BCUT2D eigenvalue weighted by molar-refractivity contribution is 5.94. The molecule has 0 aromatic heterocycles. The van der Waals surface area contributed by atoms with Gasteiger partial charge in [0.15, 0.2) is 5.78 Å². The smallest absolute Gasteiger partial charge is 0.159 e. The average molecular weight is 170 g/mol. The van der Waals surface area contributed by atoms with Crippen LogP contribution in [0.25, 0.3) is 0 Å². The zero-order valence-corrected chi connectivity index (χ0v) is 6.60. The van der Waals surface area contributed by atoms with E-state index in [0.717, 1.165) is 12.2 Å². The van der Waals surface area contributed by atoms with Crippen molar-refractivity contribution in [1.82, 2.24) is 0 Å². The van der Waals surface area contributed by atoms with Crippen LogP contribution >= 0.6 is 0 Å². The van der Waals surface area contributed by atoms with Gasteiger partial charge in [-0.05, 0) is 31.6 Å². The van der Waals surface area contributed by atoms with Gasteiger partial charge in [0.05, 0.1) is 0 Å². The first-order chi connectivity index (χ1) is 5.61. The quantitative estimate of drug-likeness (QED) is 0.591. The Hall–Kier alpha value is -1.25. The van der Waals surface area contributed by atoms with Crippen molar-refractivity contribution in [3.05, 3.63) is 35.5 Å². The van der Waals surface area contributed by atoms with Crippen molar-refractivity contribution in [2.45, 2.75) is 13.3 Å². The number of halogens is 2. The van der Waals surface area contributed by atoms with Crippen molar-refractivity contribution in [3.8, 4) is 0 Å². The molecular formula is C9H8F2O. The van der Waals surface area contributed by atoms with Gasteiger partial charge in [-0.2, -0.15) is 0 Å². The fourth-order valence-electron chi connectivity index (χ4n) is 0.930. The summed E-state index contributed by atoms with van der Waals surface area (Å²) >= 11 is 0. The maximum absolute atomic E-state index is 12.9. The second kappa shape index (κ2) is 3.43. The normalized spacial score (nSPS) is 17.4. The van der Waals surface area contributed by atoms with E-state index in [2.05, 4.69) is 0 Å². The minimum atomic E-state index is -0.647. The van der Waals surface area contributed by atoms with Gasteiger partial charge < -0.3 is 0 Å².